The Morgan fingerprint density at radius 2 is 1.86 bits per heavy atom. The van der Waals surface area contributed by atoms with Gasteiger partial charge in [-0.1, -0.05) is 41.4 Å². The molecule has 2 N–H and O–H groups in total. The van der Waals surface area contributed by atoms with E-state index in [1.54, 1.807) is 48.7 Å². The third-order valence-electron chi connectivity index (χ3n) is 5.66. The first-order valence-corrected chi connectivity index (χ1v) is 12.2. The number of pyridine rings is 1. The Kier molecular flexibility index (Phi) is 8.82. The van der Waals surface area contributed by atoms with Crippen molar-refractivity contribution in [2.24, 2.45) is 0 Å². The molecule has 35 heavy (non-hydrogen) atoms. The zero-order chi connectivity index (χ0) is 24.6. The van der Waals surface area contributed by atoms with Gasteiger partial charge in [0.15, 0.2) is 0 Å². The Morgan fingerprint density at radius 3 is 2.60 bits per heavy atom. The van der Waals surface area contributed by atoms with E-state index in [9.17, 15) is 9.90 Å². The fourth-order valence-electron chi connectivity index (χ4n) is 3.87. The maximum Gasteiger partial charge on any atom is 0.274 e. The van der Waals surface area contributed by atoms with Crippen LogP contribution in [0.5, 0.6) is 11.5 Å². The lowest BCUT2D eigenvalue weighted by Crippen LogP contribution is -2.43. The molecule has 0 saturated carbocycles. The highest BCUT2D eigenvalue weighted by Crippen LogP contribution is 2.28. The van der Waals surface area contributed by atoms with Gasteiger partial charge in [0, 0.05) is 31.9 Å². The van der Waals surface area contributed by atoms with E-state index in [-0.39, 0.29) is 18.6 Å². The van der Waals surface area contributed by atoms with Crippen LogP contribution in [0.2, 0.25) is 10.0 Å². The van der Waals surface area contributed by atoms with Gasteiger partial charge < -0.3 is 24.8 Å². The highest BCUT2D eigenvalue weighted by molar-refractivity contribution is 6.42. The number of ether oxygens (including phenoxy) is 2. The second-order valence-corrected chi connectivity index (χ2v) is 9.14. The molecule has 0 spiro atoms. The molecule has 0 aliphatic carbocycles. The van der Waals surface area contributed by atoms with Crippen LogP contribution in [0.3, 0.4) is 0 Å². The molecule has 1 amide bonds. The van der Waals surface area contributed by atoms with Gasteiger partial charge in [0.2, 0.25) is 0 Å². The first-order chi connectivity index (χ1) is 17.0. The van der Waals surface area contributed by atoms with Crippen molar-refractivity contribution in [2.75, 3.05) is 31.6 Å². The molecule has 2 aromatic carbocycles. The van der Waals surface area contributed by atoms with Gasteiger partial charge in [-0.3, -0.25) is 9.78 Å². The Morgan fingerprint density at radius 1 is 1.09 bits per heavy atom. The molecule has 4 rings (SSSR count). The second kappa shape index (κ2) is 12.2. The van der Waals surface area contributed by atoms with Crippen LogP contribution in [-0.4, -0.2) is 59.3 Å². The first kappa shape index (κ1) is 25.3. The van der Waals surface area contributed by atoms with Crippen LogP contribution in [0.1, 0.15) is 23.3 Å². The molecule has 1 aliphatic rings. The summed E-state index contributed by atoms with van der Waals surface area (Å²) in [7, 11) is 0. The summed E-state index contributed by atoms with van der Waals surface area (Å²) in [5.41, 5.74) is 0.837. The molecule has 3 aromatic rings. The Hall–Kier alpha value is -2.84. The quantitative estimate of drug-likeness (QED) is 0.420. The summed E-state index contributed by atoms with van der Waals surface area (Å²) in [6.07, 6.45) is 2.66. The van der Waals surface area contributed by atoms with E-state index in [1.165, 1.54) is 0 Å². The number of anilines is 1. The molecular weight excluding hydrogens is 489 g/mol. The molecule has 0 radical (unpaired) electrons. The van der Waals surface area contributed by atoms with Crippen molar-refractivity contribution >= 4 is 34.8 Å². The minimum absolute atomic E-state index is 0.0893. The fourth-order valence-corrected chi connectivity index (χ4v) is 4.16. The van der Waals surface area contributed by atoms with Crippen molar-refractivity contribution in [3.63, 3.8) is 0 Å². The largest absolute Gasteiger partial charge is 0.490 e. The molecule has 0 bridgehead atoms. The number of likely N-dealkylation sites (tertiary alicyclic amines) is 1. The van der Waals surface area contributed by atoms with Crippen LogP contribution in [0.25, 0.3) is 0 Å². The molecule has 2 heterocycles. The van der Waals surface area contributed by atoms with Gasteiger partial charge in [-0.25, -0.2) is 0 Å². The lowest BCUT2D eigenvalue weighted by Gasteiger charge is -2.33. The van der Waals surface area contributed by atoms with Crippen LogP contribution < -0.4 is 14.8 Å². The van der Waals surface area contributed by atoms with E-state index >= 15 is 0 Å². The van der Waals surface area contributed by atoms with E-state index in [4.69, 9.17) is 32.7 Å². The van der Waals surface area contributed by atoms with E-state index in [1.807, 2.05) is 18.2 Å². The maximum atomic E-state index is 12.4. The van der Waals surface area contributed by atoms with Gasteiger partial charge in [-0.2, -0.15) is 0 Å². The van der Waals surface area contributed by atoms with E-state index in [0.717, 1.165) is 25.9 Å². The summed E-state index contributed by atoms with van der Waals surface area (Å²) in [6, 6.07) is 17.6. The van der Waals surface area contributed by atoms with Gasteiger partial charge in [0.05, 0.1) is 15.7 Å². The number of halogens is 2. The third kappa shape index (κ3) is 7.32. The standard InChI is InChI=1S/C26H27Cl2N3O4/c27-21-9-8-20(15-22(21)28)35-19-10-13-31(14-11-19)16-18(32)17-34-25-7-2-1-5-23(25)30-26(33)24-6-3-4-12-29-24/h1-9,12,15,18-19,32H,10-11,13-14,16-17H2,(H,30,33). The van der Waals surface area contributed by atoms with E-state index in [2.05, 4.69) is 15.2 Å². The van der Waals surface area contributed by atoms with E-state index in [0.29, 0.717) is 39.5 Å². The number of nitrogens with zero attached hydrogens (tertiary/aromatic N) is 2. The number of hydrogen-bond donors (Lipinski definition) is 2. The van der Waals surface area contributed by atoms with Crippen molar-refractivity contribution < 1.29 is 19.4 Å². The smallest absolute Gasteiger partial charge is 0.274 e. The molecule has 1 aliphatic heterocycles. The number of aliphatic hydroxyl groups excluding tert-OH is 1. The topological polar surface area (TPSA) is 83.9 Å². The van der Waals surface area contributed by atoms with E-state index < -0.39 is 6.10 Å². The number of carbonyl (C=O) groups is 1. The molecule has 1 aromatic heterocycles. The average molecular weight is 516 g/mol. The minimum Gasteiger partial charge on any atom is -0.490 e. The molecule has 7 nitrogen and oxygen atoms in total. The predicted octanol–water partition coefficient (Wildman–Crippen LogP) is 4.92. The maximum absolute atomic E-state index is 12.4. The zero-order valence-corrected chi connectivity index (χ0v) is 20.6. The molecule has 9 heteroatoms. The second-order valence-electron chi connectivity index (χ2n) is 8.32. The zero-order valence-electron chi connectivity index (χ0n) is 19.1. The van der Waals surface area contributed by atoms with Gasteiger partial charge >= 0.3 is 0 Å². The summed E-state index contributed by atoms with van der Waals surface area (Å²) >= 11 is 12.0. The molecule has 184 valence electrons. The number of benzene rings is 2. The SMILES string of the molecule is O=C(Nc1ccccc1OCC(O)CN1CCC(Oc2ccc(Cl)c(Cl)c2)CC1)c1ccccn1. The van der Waals surface area contributed by atoms with Crippen LogP contribution in [0.15, 0.2) is 66.9 Å². The minimum atomic E-state index is -0.679. The van der Waals surface area contributed by atoms with Crippen LogP contribution in [0, 0.1) is 0 Å². The van der Waals surface area contributed by atoms with Crippen molar-refractivity contribution in [3.05, 3.63) is 82.6 Å². The average Bonchev–Trinajstić information content (AvgIpc) is 2.87. The van der Waals surface area contributed by atoms with Crippen molar-refractivity contribution in [2.45, 2.75) is 25.0 Å². The lowest BCUT2D eigenvalue weighted by atomic mass is 10.1. The summed E-state index contributed by atoms with van der Waals surface area (Å²) < 4.78 is 11.9. The monoisotopic (exact) mass is 515 g/mol. The number of nitrogens with one attached hydrogen (secondary N) is 1. The summed E-state index contributed by atoms with van der Waals surface area (Å²) in [4.78, 5) is 18.7. The Balaban J connectivity index is 1.22. The number of para-hydroxylation sites is 2. The van der Waals surface area contributed by atoms with Crippen molar-refractivity contribution in [3.8, 4) is 11.5 Å². The number of rotatable bonds is 9. The van der Waals surface area contributed by atoms with Gasteiger partial charge in [-0.15, -0.1) is 0 Å². The predicted molar refractivity (Wildman–Crippen MR) is 137 cm³/mol. The highest BCUT2D eigenvalue weighted by Gasteiger charge is 2.23. The molecule has 1 atom stereocenters. The normalized spacial score (nSPS) is 15.4. The summed E-state index contributed by atoms with van der Waals surface area (Å²) in [5, 5.41) is 14.3. The van der Waals surface area contributed by atoms with Gasteiger partial charge in [0.25, 0.3) is 5.91 Å². The van der Waals surface area contributed by atoms with Gasteiger partial charge in [0.1, 0.15) is 36.0 Å². The Bertz CT molecular complexity index is 1120. The number of amides is 1. The number of aliphatic hydroxyl groups is 1. The number of piperidine rings is 1. The van der Waals surface area contributed by atoms with Crippen LogP contribution in [-0.2, 0) is 0 Å². The van der Waals surface area contributed by atoms with Crippen molar-refractivity contribution in [1.29, 1.82) is 0 Å². The van der Waals surface area contributed by atoms with Crippen molar-refractivity contribution in [1.82, 2.24) is 9.88 Å². The lowest BCUT2D eigenvalue weighted by molar-refractivity contribution is 0.0403. The van der Waals surface area contributed by atoms with Crippen LogP contribution >= 0.6 is 23.2 Å². The molecule has 1 unspecified atom stereocenters. The number of aromatic nitrogens is 1. The number of hydrogen-bond acceptors (Lipinski definition) is 6. The number of β-amino-alcohol motifs (C(OH)–C–C–N with tert-alkyl or cyclic N) is 1. The van der Waals surface area contributed by atoms with Gasteiger partial charge in [-0.05, 0) is 49.2 Å². The molecule has 1 saturated heterocycles. The molecule has 1 fully saturated rings. The summed E-state index contributed by atoms with van der Waals surface area (Å²) in [5.74, 6) is 0.873. The highest BCUT2D eigenvalue weighted by atomic mass is 35.5. The van der Waals surface area contributed by atoms with Crippen LogP contribution in [0.4, 0.5) is 5.69 Å². The first-order valence-electron chi connectivity index (χ1n) is 11.4. The fraction of sp³-hybridized carbons (Fsp3) is 0.308. The third-order valence-corrected chi connectivity index (χ3v) is 6.40. The Labute approximate surface area is 214 Å². The molecular formula is C26H27Cl2N3O4. The number of carbonyl (C=O) groups excluding carboxylic acids is 1. The summed E-state index contributed by atoms with van der Waals surface area (Å²) in [6.45, 7) is 2.21.